The first kappa shape index (κ1) is 13.4. The predicted octanol–water partition coefficient (Wildman–Crippen LogP) is -1.74. The molecule has 0 unspecified atom stereocenters. The fraction of sp³-hybridized carbons (Fsp3) is 0.556. The zero-order chi connectivity index (χ0) is 11.8. The summed E-state index contributed by atoms with van der Waals surface area (Å²) in [6, 6.07) is -1.89. The minimum atomic E-state index is -1.18. The summed E-state index contributed by atoms with van der Waals surface area (Å²) in [7, 11) is 0. The van der Waals surface area contributed by atoms with Gasteiger partial charge in [0.05, 0.1) is 6.04 Å². The highest BCUT2D eigenvalue weighted by molar-refractivity contribution is 5.86. The van der Waals surface area contributed by atoms with E-state index in [1.54, 1.807) is 0 Å². The number of nitrogens with two attached hydrogens (primary N) is 2. The van der Waals surface area contributed by atoms with Crippen molar-refractivity contribution in [1.82, 2.24) is 5.32 Å². The van der Waals surface area contributed by atoms with E-state index in [1.165, 1.54) is 0 Å². The van der Waals surface area contributed by atoms with Crippen LogP contribution in [0.3, 0.4) is 0 Å². The highest BCUT2D eigenvalue weighted by atomic mass is 16.4. The van der Waals surface area contributed by atoms with Crippen LogP contribution in [0.25, 0.3) is 0 Å². The third-order valence-corrected chi connectivity index (χ3v) is 1.75. The Kier molecular flexibility index (Phi) is 6.09. The summed E-state index contributed by atoms with van der Waals surface area (Å²) < 4.78 is 0. The Hall–Kier alpha value is -1.58. The molecule has 0 bridgehead atoms. The minimum absolute atomic E-state index is 0.0730. The molecule has 15 heavy (non-hydrogen) atoms. The Balaban J connectivity index is 4.23. The van der Waals surface area contributed by atoms with Gasteiger partial charge in [-0.05, 0) is 13.0 Å². The van der Waals surface area contributed by atoms with Gasteiger partial charge >= 0.3 is 5.97 Å². The molecule has 6 N–H and O–H groups in total. The van der Waals surface area contributed by atoms with Crippen molar-refractivity contribution in [3.05, 3.63) is 0 Å². The van der Waals surface area contributed by atoms with Gasteiger partial charge in [-0.15, -0.1) is 12.3 Å². The van der Waals surface area contributed by atoms with Gasteiger partial charge in [-0.3, -0.25) is 4.79 Å². The predicted molar refractivity (Wildman–Crippen MR) is 54.7 cm³/mol. The molecular formula is C9H15N3O3. The Morgan fingerprint density at radius 1 is 1.53 bits per heavy atom. The molecule has 6 heteroatoms. The number of aliphatic carboxylic acids is 1. The van der Waals surface area contributed by atoms with Crippen molar-refractivity contribution < 1.29 is 14.7 Å². The molecule has 0 saturated carbocycles. The molecule has 0 rings (SSSR count). The molecule has 0 fully saturated rings. The van der Waals surface area contributed by atoms with Crippen LogP contribution < -0.4 is 16.8 Å². The second-order valence-corrected chi connectivity index (χ2v) is 2.99. The monoisotopic (exact) mass is 213 g/mol. The summed E-state index contributed by atoms with van der Waals surface area (Å²) in [5, 5.41) is 10.9. The highest BCUT2D eigenvalue weighted by Gasteiger charge is 2.21. The summed E-state index contributed by atoms with van der Waals surface area (Å²) in [6.07, 6.45) is 5.19. The van der Waals surface area contributed by atoms with Crippen LogP contribution in [0, 0.1) is 12.3 Å². The number of rotatable bonds is 6. The van der Waals surface area contributed by atoms with E-state index in [4.69, 9.17) is 23.0 Å². The molecule has 84 valence electrons. The topological polar surface area (TPSA) is 118 Å². The van der Waals surface area contributed by atoms with E-state index in [0.29, 0.717) is 6.42 Å². The van der Waals surface area contributed by atoms with Gasteiger partial charge < -0.3 is 21.9 Å². The van der Waals surface area contributed by atoms with Gasteiger partial charge in [0.15, 0.2) is 0 Å². The van der Waals surface area contributed by atoms with E-state index < -0.39 is 24.0 Å². The first-order chi connectivity index (χ1) is 7.02. The van der Waals surface area contributed by atoms with Gasteiger partial charge in [0.2, 0.25) is 5.91 Å². The van der Waals surface area contributed by atoms with Crippen LogP contribution in [0.15, 0.2) is 0 Å². The Bertz CT molecular complexity index is 272. The number of hydrogen-bond donors (Lipinski definition) is 4. The van der Waals surface area contributed by atoms with Crippen LogP contribution in [0.2, 0.25) is 0 Å². The zero-order valence-electron chi connectivity index (χ0n) is 8.27. The van der Waals surface area contributed by atoms with E-state index in [9.17, 15) is 9.59 Å². The lowest BCUT2D eigenvalue weighted by Gasteiger charge is -2.15. The number of carbonyl (C=O) groups excluding carboxylic acids is 1. The summed E-state index contributed by atoms with van der Waals surface area (Å²) >= 11 is 0. The van der Waals surface area contributed by atoms with Gasteiger partial charge in [0.1, 0.15) is 6.04 Å². The Morgan fingerprint density at radius 2 is 2.13 bits per heavy atom. The lowest BCUT2D eigenvalue weighted by Crippen LogP contribution is -2.48. The van der Waals surface area contributed by atoms with Crippen molar-refractivity contribution in [3.8, 4) is 12.3 Å². The lowest BCUT2D eigenvalue weighted by molar-refractivity contribution is -0.141. The summed E-state index contributed by atoms with van der Waals surface area (Å²) in [5.74, 6) is 0.432. The van der Waals surface area contributed by atoms with Crippen molar-refractivity contribution in [2.75, 3.05) is 6.54 Å². The minimum Gasteiger partial charge on any atom is -0.480 e. The van der Waals surface area contributed by atoms with E-state index in [0.717, 1.165) is 0 Å². The molecule has 6 nitrogen and oxygen atoms in total. The second kappa shape index (κ2) is 6.81. The fourth-order valence-electron chi connectivity index (χ4n) is 0.907. The molecule has 0 aliphatic heterocycles. The molecule has 0 aliphatic rings. The molecule has 0 heterocycles. The maximum absolute atomic E-state index is 11.3. The zero-order valence-corrected chi connectivity index (χ0v) is 8.27. The van der Waals surface area contributed by atoms with Crippen molar-refractivity contribution in [2.45, 2.75) is 24.9 Å². The SMILES string of the molecule is C#CC[C@H](NC(=O)[C@@H](N)CCN)C(=O)O. The van der Waals surface area contributed by atoms with Crippen LogP contribution in [0.1, 0.15) is 12.8 Å². The molecule has 0 radical (unpaired) electrons. The molecule has 0 aromatic heterocycles. The first-order valence-corrected chi connectivity index (χ1v) is 4.45. The third kappa shape index (κ3) is 5.00. The Labute approximate surface area is 88.0 Å². The number of nitrogens with one attached hydrogen (secondary N) is 1. The van der Waals surface area contributed by atoms with E-state index >= 15 is 0 Å². The summed E-state index contributed by atoms with van der Waals surface area (Å²) in [6.45, 7) is 0.265. The molecule has 0 aliphatic carbocycles. The number of amides is 1. The van der Waals surface area contributed by atoms with Crippen molar-refractivity contribution in [1.29, 1.82) is 0 Å². The van der Waals surface area contributed by atoms with Crippen LogP contribution >= 0.6 is 0 Å². The number of carbonyl (C=O) groups is 2. The van der Waals surface area contributed by atoms with Crippen LogP contribution in [-0.2, 0) is 9.59 Å². The summed E-state index contributed by atoms with van der Waals surface area (Å²) in [5.41, 5.74) is 10.6. The molecule has 0 aromatic rings. The number of terminal acetylenes is 1. The van der Waals surface area contributed by atoms with Crippen LogP contribution in [0.5, 0.6) is 0 Å². The summed E-state index contributed by atoms with van der Waals surface area (Å²) in [4.78, 5) is 21.9. The fourth-order valence-corrected chi connectivity index (χ4v) is 0.907. The maximum atomic E-state index is 11.3. The van der Waals surface area contributed by atoms with Crippen molar-refractivity contribution >= 4 is 11.9 Å². The van der Waals surface area contributed by atoms with Gasteiger partial charge in [-0.25, -0.2) is 4.79 Å². The molecule has 2 atom stereocenters. The van der Waals surface area contributed by atoms with Gasteiger partial charge in [0.25, 0.3) is 0 Å². The standard InChI is InChI=1S/C9H15N3O3/c1-2-3-7(9(14)15)12-8(13)6(11)4-5-10/h1,6-7H,3-5,10-11H2,(H,12,13)(H,14,15)/t6-,7-/m0/s1. The molecule has 1 amide bonds. The largest absolute Gasteiger partial charge is 0.480 e. The van der Waals surface area contributed by atoms with E-state index in [-0.39, 0.29) is 13.0 Å². The van der Waals surface area contributed by atoms with Crippen LogP contribution in [-0.4, -0.2) is 35.6 Å². The lowest BCUT2D eigenvalue weighted by atomic mass is 10.1. The normalized spacial score (nSPS) is 13.7. The third-order valence-electron chi connectivity index (χ3n) is 1.75. The average Bonchev–Trinajstić information content (AvgIpc) is 2.17. The maximum Gasteiger partial charge on any atom is 0.327 e. The van der Waals surface area contributed by atoms with Crippen LogP contribution in [0.4, 0.5) is 0 Å². The van der Waals surface area contributed by atoms with Gasteiger partial charge in [-0.2, -0.15) is 0 Å². The van der Waals surface area contributed by atoms with E-state index in [2.05, 4.69) is 11.2 Å². The second-order valence-electron chi connectivity index (χ2n) is 2.99. The van der Waals surface area contributed by atoms with Crippen molar-refractivity contribution in [2.24, 2.45) is 11.5 Å². The highest BCUT2D eigenvalue weighted by Crippen LogP contribution is 1.93. The molecule has 0 aromatic carbocycles. The quantitative estimate of drug-likeness (QED) is 0.390. The van der Waals surface area contributed by atoms with E-state index in [1.807, 2.05) is 0 Å². The molecule has 0 spiro atoms. The Morgan fingerprint density at radius 3 is 2.53 bits per heavy atom. The molecular weight excluding hydrogens is 198 g/mol. The number of carboxylic acids is 1. The van der Waals surface area contributed by atoms with Gasteiger partial charge in [-0.1, -0.05) is 0 Å². The van der Waals surface area contributed by atoms with Crippen molar-refractivity contribution in [3.63, 3.8) is 0 Å². The number of carboxylic acid groups (broad SMARTS) is 1. The number of hydrogen-bond acceptors (Lipinski definition) is 4. The molecule has 0 saturated heterocycles. The smallest absolute Gasteiger partial charge is 0.327 e. The van der Waals surface area contributed by atoms with Gasteiger partial charge in [0, 0.05) is 6.42 Å². The average molecular weight is 213 g/mol. The first-order valence-electron chi connectivity index (χ1n) is 4.45.